The van der Waals surface area contributed by atoms with E-state index in [9.17, 15) is 19.2 Å². The highest BCUT2D eigenvalue weighted by Gasteiger charge is 2.17. The van der Waals surface area contributed by atoms with Gasteiger partial charge in [-0.05, 0) is 83.9 Å². The first-order valence-corrected chi connectivity index (χ1v) is 16.1. The standard InChI is InChI=1S/C34H26Br2Cl2N4O4/c35-25-5-1-3-23(19-25)31(43)41-29(17-21-7-11-27(37)12-8-21)33(45)39-15-16-40-34(46)30(18-22-9-13-28(38)14-10-22)42-32(44)24-4-2-6-26(36)20-24/h1-14,17-20H,15-16H2,(H,39,45)(H,40,46)(H,41,43)(H,42,44)/b29-17-,30-18-. The number of rotatable bonds is 11. The van der Waals surface area contributed by atoms with E-state index in [2.05, 4.69) is 53.1 Å². The van der Waals surface area contributed by atoms with Crippen LogP contribution >= 0.6 is 55.1 Å². The molecule has 0 heterocycles. The smallest absolute Gasteiger partial charge is 0.267 e. The highest BCUT2D eigenvalue weighted by Crippen LogP contribution is 2.16. The number of benzene rings is 4. The molecule has 46 heavy (non-hydrogen) atoms. The molecule has 0 atom stereocenters. The van der Waals surface area contributed by atoms with E-state index < -0.39 is 23.6 Å². The molecule has 4 aromatic carbocycles. The second-order valence-electron chi connectivity index (χ2n) is 9.66. The lowest BCUT2D eigenvalue weighted by Gasteiger charge is -2.13. The lowest BCUT2D eigenvalue weighted by molar-refractivity contribution is -0.119. The summed E-state index contributed by atoms with van der Waals surface area (Å²) in [6, 6.07) is 27.0. The van der Waals surface area contributed by atoms with Gasteiger partial charge in [-0.3, -0.25) is 19.2 Å². The Morgan fingerprint density at radius 3 is 1.28 bits per heavy atom. The Morgan fingerprint density at radius 2 is 0.935 bits per heavy atom. The van der Waals surface area contributed by atoms with Gasteiger partial charge in [0.05, 0.1) is 0 Å². The van der Waals surface area contributed by atoms with Gasteiger partial charge in [0.25, 0.3) is 23.6 Å². The molecule has 0 aliphatic rings. The molecule has 0 spiro atoms. The summed E-state index contributed by atoms with van der Waals surface area (Å²) in [5, 5.41) is 11.8. The third-order valence-electron chi connectivity index (χ3n) is 6.22. The zero-order valence-corrected chi connectivity index (χ0v) is 28.6. The molecule has 0 radical (unpaired) electrons. The molecule has 0 unspecified atom stereocenters. The first-order valence-electron chi connectivity index (χ1n) is 13.7. The van der Waals surface area contributed by atoms with Crippen molar-refractivity contribution in [1.82, 2.24) is 21.3 Å². The fourth-order valence-corrected chi connectivity index (χ4v) is 5.01. The molecule has 234 valence electrons. The van der Waals surface area contributed by atoms with E-state index >= 15 is 0 Å². The van der Waals surface area contributed by atoms with E-state index in [0.29, 0.717) is 41.2 Å². The fourth-order valence-electron chi connectivity index (χ4n) is 3.96. The van der Waals surface area contributed by atoms with Crippen LogP contribution in [0.5, 0.6) is 0 Å². The summed E-state index contributed by atoms with van der Waals surface area (Å²) in [5.41, 5.74) is 1.94. The van der Waals surface area contributed by atoms with Crippen LogP contribution in [-0.4, -0.2) is 36.7 Å². The molecule has 0 bridgehead atoms. The Hall–Kier alpha value is -4.22. The summed E-state index contributed by atoms with van der Waals surface area (Å²) < 4.78 is 1.42. The van der Waals surface area contributed by atoms with Crippen LogP contribution in [0.15, 0.2) is 117 Å². The summed E-state index contributed by atoms with van der Waals surface area (Å²) in [6.45, 7) is 0.0339. The van der Waals surface area contributed by atoms with Crippen LogP contribution in [0.3, 0.4) is 0 Å². The molecule has 0 saturated heterocycles. The van der Waals surface area contributed by atoms with E-state index in [1.807, 2.05) is 0 Å². The summed E-state index contributed by atoms with van der Waals surface area (Å²) in [5.74, 6) is -2.12. The van der Waals surface area contributed by atoms with Gasteiger partial charge in [0.15, 0.2) is 0 Å². The Bertz CT molecular complexity index is 1680. The van der Waals surface area contributed by atoms with Crippen molar-refractivity contribution >= 4 is 90.8 Å². The van der Waals surface area contributed by atoms with Crippen LogP contribution in [-0.2, 0) is 9.59 Å². The van der Waals surface area contributed by atoms with Crippen LogP contribution in [0.4, 0.5) is 0 Å². The minimum atomic E-state index is -0.576. The second kappa shape index (κ2) is 16.9. The van der Waals surface area contributed by atoms with Gasteiger partial charge in [-0.25, -0.2) is 0 Å². The average molecular weight is 785 g/mol. The molecular weight excluding hydrogens is 759 g/mol. The van der Waals surface area contributed by atoms with Crippen molar-refractivity contribution in [3.05, 3.63) is 150 Å². The average Bonchev–Trinajstić information content (AvgIpc) is 3.04. The normalized spacial score (nSPS) is 11.4. The van der Waals surface area contributed by atoms with E-state index in [1.54, 1.807) is 97.1 Å². The minimum Gasteiger partial charge on any atom is -0.349 e. The largest absolute Gasteiger partial charge is 0.349 e. The lowest BCUT2D eigenvalue weighted by atomic mass is 10.1. The summed E-state index contributed by atoms with van der Waals surface area (Å²) >= 11 is 18.7. The van der Waals surface area contributed by atoms with Gasteiger partial charge < -0.3 is 21.3 Å². The molecule has 4 rings (SSSR count). The van der Waals surface area contributed by atoms with Crippen molar-refractivity contribution < 1.29 is 19.2 Å². The molecule has 0 saturated carbocycles. The van der Waals surface area contributed by atoms with Crippen LogP contribution in [0.1, 0.15) is 31.8 Å². The Morgan fingerprint density at radius 1 is 0.565 bits per heavy atom. The van der Waals surface area contributed by atoms with Crippen molar-refractivity contribution in [2.45, 2.75) is 0 Å². The molecule has 8 nitrogen and oxygen atoms in total. The molecule has 4 N–H and O–H groups in total. The number of hydrogen-bond acceptors (Lipinski definition) is 4. The second-order valence-corrected chi connectivity index (χ2v) is 12.4. The number of halogens is 4. The van der Waals surface area contributed by atoms with Crippen molar-refractivity contribution in [3.8, 4) is 0 Å². The zero-order valence-electron chi connectivity index (χ0n) is 24.0. The minimum absolute atomic E-state index is 0.0109. The number of nitrogens with one attached hydrogen (secondary N) is 4. The van der Waals surface area contributed by atoms with Gasteiger partial charge in [-0.2, -0.15) is 0 Å². The maximum Gasteiger partial charge on any atom is 0.267 e. The van der Waals surface area contributed by atoms with Gasteiger partial charge in [0.1, 0.15) is 11.4 Å². The van der Waals surface area contributed by atoms with Crippen LogP contribution in [0, 0.1) is 0 Å². The number of carbonyl (C=O) groups is 4. The third kappa shape index (κ3) is 10.7. The van der Waals surface area contributed by atoms with Gasteiger partial charge in [0, 0.05) is 43.2 Å². The first-order chi connectivity index (χ1) is 22.1. The van der Waals surface area contributed by atoms with Crippen molar-refractivity contribution in [2.24, 2.45) is 0 Å². The highest BCUT2D eigenvalue weighted by atomic mass is 79.9. The molecule has 0 aliphatic heterocycles. The molecule has 4 aromatic rings. The van der Waals surface area contributed by atoms with Crippen LogP contribution < -0.4 is 21.3 Å². The SMILES string of the molecule is O=C(NCCNC(=O)/C(=C/c1ccc(Cl)cc1)NC(=O)c1cccc(Br)c1)/C(=C/c1ccc(Cl)cc1)NC(=O)c1cccc(Br)c1. The molecule has 0 aromatic heterocycles. The Labute approximate surface area is 292 Å². The molecule has 4 amide bonds. The summed E-state index contributed by atoms with van der Waals surface area (Å²) in [4.78, 5) is 52.3. The Balaban J connectivity index is 1.44. The van der Waals surface area contributed by atoms with E-state index in [4.69, 9.17) is 23.2 Å². The first kappa shape index (κ1) is 34.6. The molecule has 0 aliphatic carbocycles. The predicted molar refractivity (Wildman–Crippen MR) is 188 cm³/mol. The summed E-state index contributed by atoms with van der Waals surface area (Å²) in [6.07, 6.45) is 3.04. The Kier molecular flexibility index (Phi) is 12.7. The van der Waals surface area contributed by atoms with E-state index in [-0.39, 0.29) is 24.5 Å². The summed E-state index contributed by atoms with van der Waals surface area (Å²) in [7, 11) is 0. The monoisotopic (exact) mass is 782 g/mol. The predicted octanol–water partition coefficient (Wildman–Crippen LogP) is 6.99. The number of amides is 4. The third-order valence-corrected chi connectivity index (χ3v) is 7.71. The van der Waals surface area contributed by atoms with Crippen LogP contribution in [0.25, 0.3) is 12.2 Å². The van der Waals surface area contributed by atoms with Crippen molar-refractivity contribution in [1.29, 1.82) is 0 Å². The van der Waals surface area contributed by atoms with E-state index in [1.165, 1.54) is 12.2 Å². The van der Waals surface area contributed by atoms with Gasteiger partial charge in [-0.15, -0.1) is 0 Å². The van der Waals surface area contributed by atoms with Crippen LogP contribution in [0.2, 0.25) is 10.0 Å². The fraction of sp³-hybridized carbons (Fsp3) is 0.0588. The molecule has 0 fully saturated rings. The maximum atomic E-state index is 13.2. The van der Waals surface area contributed by atoms with Gasteiger partial charge in [0.2, 0.25) is 0 Å². The van der Waals surface area contributed by atoms with Crippen molar-refractivity contribution in [2.75, 3.05) is 13.1 Å². The quantitative estimate of drug-likeness (QED) is 0.0970. The van der Waals surface area contributed by atoms with E-state index in [0.717, 1.165) is 0 Å². The maximum absolute atomic E-state index is 13.2. The topological polar surface area (TPSA) is 116 Å². The lowest BCUT2D eigenvalue weighted by Crippen LogP contribution is -2.41. The number of carbonyl (C=O) groups excluding carboxylic acids is 4. The van der Waals surface area contributed by atoms with Gasteiger partial charge >= 0.3 is 0 Å². The van der Waals surface area contributed by atoms with Gasteiger partial charge in [-0.1, -0.05) is 91.5 Å². The zero-order chi connectivity index (χ0) is 33.1. The molecule has 12 heteroatoms. The highest BCUT2D eigenvalue weighted by molar-refractivity contribution is 9.10. The number of hydrogen-bond donors (Lipinski definition) is 4. The van der Waals surface area contributed by atoms with Crippen molar-refractivity contribution in [3.63, 3.8) is 0 Å². The molecular formula is C34H26Br2Cl2N4O4.